The van der Waals surface area contributed by atoms with Gasteiger partial charge in [-0.25, -0.2) is 0 Å². The summed E-state index contributed by atoms with van der Waals surface area (Å²) in [4.78, 5) is 0. The van der Waals surface area contributed by atoms with Gasteiger partial charge in [0.25, 0.3) is 0 Å². The maximum atomic E-state index is 2.54. The number of para-hydroxylation sites is 3. The summed E-state index contributed by atoms with van der Waals surface area (Å²) in [5.41, 5.74) is 11.9. The van der Waals surface area contributed by atoms with Gasteiger partial charge in [-0.05, 0) is 79.4 Å². The molecule has 12 aromatic rings. The highest BCUT2D eigenvalue weighted by atomic mass is 28.3. The van der Waals surface area contributed by atoms with Gasteiger partial charge in [0, 0.05) is 27.2 Å². The highest BCUT2D eigenvalue weighted by molar-refractivity contribution is 7.20. The lowest BCUT2D eigenvalue weighted by Crippen LogP contribution is -2.74. The molecule has 12 rings (SSSR count). The summed E-state index contributed by atoms with van der Waals surface area (Å²) in [5, 5.41) is 10.4. The average molecular weight is 819 g/mol. The van der Waals surface area contributed by atoms with Gasteiger partial charge in [-0.3, -0.25) is 0 Å². The Hall–Kier alpha value is -7.98. The second kappa shape index (κ2) is 15.2. The summed E-state index contributed by atoms with van der Waals surface area (Å²) in [6.45, 7) is 0. The maximum absolute atomic E-state index is 3.03. The SMILES string of the molecule is c1ccc(-c2ccc(-n3c4ccccc4c4cccc(-n5c6ccccc6c6c([Si](c7ccccc7)(c7ccccc7)c7cccc(-c8ccccc8)c7)cccc65)c43)cc2)cc1. The molecule has 0 N–H and O–H groups in total. The molecule has 0 unspecified atom stereocenters. The Labute approximate surface area is 368 Å². The van der Waals surface area contributed by atoms with Crippen molar-refractivity contribution in [3.05, 3.63) is 255 Å². The molecule has 0 radical (unpaired) electrons. The van der Waals surface area contributed by atoms with Gasteiger partial charge in [0.05, 0.1) is 27.8 Å². The number of rotatable bonds is 8. The molecule has 63 heavy (non-hydrogen) atoms. The number of fused-ring (bicyclic) bond motifs is 6. The van der Waals surface area contributed by atoms with Crippen molar-refractivity contribution in [2.24, 2.45) is 0 Å². The quantitative estimate of drug-likeness (QED) is 0.107. The first-order chi connectivity index (χ1) is 31.3. The summed E-state index contributed by atoms with van der Waals surface area (Å²) >= 11 is 0. The van der Waals surface area contributed by atoms with Crippen molar-refractivity contribution >= 4 is 72.4 Å². The molecule has 296 valence electrons. The Bertz CT molecular complexity index is 3550. The van der Waals surface area contributed by atoms with Crippen LogP contribution >= 0.6 is 0 Å². The minimum atomic E-state index is -3.03. The molecule has 0 aliphatic carbocycles. The normalized spacial score (nSPS) is 11.8. The van der Waals surface area contributed by atoms with Crippen molar-refractivity contribution in [1.82, 2.24) is 9.13 Å². The maximum Gasteiger partial charge on any atom is 0.180 e. The van der Waals surface area contributed by atoms with Gasteiger partial charge >= 0.3 is 0 Å². The number of nitrogens with zero attached hydrogens (tertiary/aromatic N) is 2. The van der Waals surface area contributed by atoms with E-state index in [1.807, 2.05) is 0 Å². The van der Waals surface area contributed by atoms with Crippen molar-refractivity contribution in [2.75, 3.05) is 0 Å². The summed E-state index contributed by atoms with van der Waals surface area (Å²) in [7, 11) is -3.03. The van der Waals surface area contributed by atoms with Crippen LogP contribution in [0.25, 0.3) is 77.2 Å². The molecule has 10 aromatic carbocycles. The highest BCUT2D eigenvalue weighted by Crippen LogP contribution is 2.40. The third-order valence-electron chi connectivity index (χ3n) is 13.1. The van der Waals surface area contributed by atoms with Crippen LogP contribution in [0, 0.1) is 0 Å². The molecule has 2 heterocycles. The second-order valence-corrected chi connectivity index (χ2v) is 20.2. The predicted octanol–water partition coefficient (Wildman–Crippen LogP) is 12.6. The van der Waals surface area contributed by atoms with Crippen molar-refractivity contribution in [3.63, 3.8) is 0 Å². The zero-order chi connectivity index (χ0) is 41.7. The Kier molecular flexibility index (Phi) is 8.87. The van der Waals surface area contributed by atoms with Gasteiger partial charge < -0.3 is 9.13 Å². The lowest BCUT2D eigenvalue weighted by Gasteiger charge is -2.35. The average Bonchev–Trinajstić information content (AvgIpc) is 3.89. The van der Waals surface area contributed by atoms with Crippen LogP contribution in [0.3, 0.4) is 0 Å². The van der Waals surface area contributed by atoms with Crippen molar-refractivity contribution in [3.8, 4) is 33.6 Å². The zero-order valence-corrected chi connectivity index (χ0v) is 35.6. The highest BCUT2D eigenvalue weighted by Gasteiger charge is 2.43. The lowest BCUT2D eigenvalue weighted by atomic mass is 10.1. The molecule has 2 nitrogen and oxygen atoms in total. The minimum Gasteiger partial charge on any atom is -0.307 e. The van der Waals surface area contributed by atoms with E-state index in [2.05, 4.69) is 264 Å². The number of hydrogen-bond acceptors (Lipinski definition) is 0. The standard InChI is InChI=1S/C60H42N2Si/c1-5-20-43(21-6-1)45-38-40-47(41-39-45)61-54-33-15-13-30-51(54)52-32-18-36-57(60(52)61)62-55-34-16-14-31-53(55)59-56(62)35-19-37-58(59)63(48-25-9-3-10-26-48,49-27-11-4-12-28-49)50-29-17-24-46(42-50)44-22-7-2-8-23-44/h1-42H. The first-order valence-electron chi connectivity index (χ1n) is 21.8. The smallest absolute Gasteiger partial charge is 0.180 e. The van der Waals surface area contributed by atoms with E-state index in [9.17, 15) is 0 Å². The van der Waals surface area contributed by atoms with Gasteiger partial charge in [0.1, 0.15) is 0 Å². The Morgan fingerprint density at radius 2 is 0.746 bits per heavy atom. The van der Waals surface area contributed by atoms with Crippen LogP contribution in [0.15, 0.2) is 255 Å². The van der Waals surface area contributed by atoms with Crippen molar-refractivity contribution in [1.29, 1.82) is 0 Å². The molecule has 0 spiro atoms. The van der Waals surface area contributed by atoms with E-state index in [0.29, 0.717) is 0 Å². The molecule has 0 aliphatic heterocycles. The van der Waals surface area contributed by atoms with Gasteiger partial charge in [0.2, 0.25) is 0 Å². The van der Waals surface area contributed by atoms with E-state index in [1.54, 1.807) is 0 Å². The molecule has 0 fully saturated rings. The van der Waals surface area contributed by atoms with E-state index in [0.717, 1.165) is 11.4 Å². The summed E-state index contributed by atoms with van der Waals surface area (Å²) in [5.74, 6) is 0. The summed E-state index contributed by atoms with van der Waals surface area (Å²) in [6.07, 6.45) is 0. The molecular weight excluding hydrogens is 777 g/mol. The summed E-state index contributed by atoms with van der Waals surface area (Å²) in [6, 6.07) is 94.4. The monoisotopic (exact) mass is 818 g/mol. The number of hydrogen-bond donors (Lipinski definition) is 0. The van der Waals surface area contributed by atoms with Crippen LogP contribution in [0.4, 0.5) is 0 Å². The first kappa shape index (κ1) is 36.8. The fourth-order valence-corrected chi connectivity index (χ4v) is 15.4. The fourth-order valence-electron chi connectivity index (χ4n) is 10.4. The molecule has 0 saturated carbocycles. The minimum absolute atomic E-state index is 1.13. The van der Waals surface area contributed by atoms with Crippen LogP contribution in [-0.4, -0.2) is 17.2 Å². The molecular formula is C60H42N2Si. The molecule has 0 amide bonds. The Balaban J connectivity index is 1.18. The summed E-state index contributed by atoms with van der Waals surface area (Å²) < 4.78 is 5.01. The van der Waals surface area contributed by atoms with Gasteiger partial charge in [-0.15, -0.1) is 0 Å². The largest absolute Gasteiger partial charge is 0.307 e. The molecule has 0 aliphatic rings. The van der Waals surface area contributed by atoms with E-state index >= 15 is 0 Å². The van der Waals surface area contributed by atoms with Gasteiger partial charge in [0.15, 0.2) is 8.07 Å². The van der Waals surface area contributed by atoms with E-state index in [4.69, 9.17) is 0 Å². The molecule has 3 heteroatoms. The Morgan fingerprint density at radius 1 is 0.286 bits per heavy atom. The molecule has 0 saturated heterocycles. The second-order valence-electron chi connectivity index (χ2n) is 16.4. The van der Waals surface area contributed by atoms with Crippen LogP contribution in [-0.2, 0) is 0 Å². The first-order valence-corrected chi connectivity index (χ1v) is 23.8. The molecule has 0 atom stereocenters. The van der Waals surface area contributed by atoms with Gasteiger partial charge in [-0.2, -0.15) is 0 Å². The Morgan fingerprint density at radius 3 is 1.41 bits per heavy atom. The third-order valence-corrected chi connectivity index (χ3v) is 17.9. The zero-order valence-electron chi connectivity index (χ0n) is 34.6. The number of benzene rings is 10. The van der Waals surface area contributed by atoms with Crippen LogP contribution in [0.2, 0.25) is 0 Å². The van der Waals surface area contributed by atoms with E-state index < -0.39 is 8.07 Å². The number of aromatic nitrogens is 2. The molecule has 0 bridgehead atoms. The topological polar surface area (TPSA) is 9.86 Å². The van der Waals surface area contributed by atoms with Crippen LogP contribution < -0.4 is 20.7 Å². The van der Waals surface area contributed by atoms with E-state index in [1.165, 1.54) is 86.6 Å². The predicted molar refractivity (Wildman–Crippen MR) is 270 cm³/mol. The van der Waals surface area contributed by atoms with Gasteiger partial charge in [-0.1, -0.05) is 218 Å². The van der Waals surface area contributed by atoms with Crippen LogP contribution in [0.1, 0.15) is 0 Å². The van der Waals surface area contributed by atoms with E-state index in [-0.39, 0.29) is 0 Å². The molecule has 2 aromatic heterocycles. The van der Waals surface area contributed by atoms with Crippen molar-refractivity contribution < 1.29 is 0 Å². The fraction of sp³-hybridized carbons (Fsp3) is 0. The van der Waals surface area contributed by atoms with Crippen molar-refractivity contribution in [2.45, 2.75) is 0 Å². The lowest BCUT2D eigenvalue weighted by molar-refractivity contribution is 1.13. The van der Waals surface area contributed by atoms with Crippen LogP contribution in [0.5, 0.6) is 0 Å². The third kappa shape index (κ3) is 5.85.